The highest BCUT2D eigenvalue weighted by molar-refractivity contribution is 5.67. The smallest absolute Gasteiger partial charge is 0.306 e. The van der Waals surface area contributed by atoms with E-state index in [1.54, 1.807) is 0 Å². The molecule has 1 aliphatic heterocycles. The van der Waals surface area contributed by atoms with Crippen LogP contribution in [0, 0.1) is 5.82 Å². The van der Waals surface area contributed by atoms with Crippen molar-refractivity contribution < 1.29 is 24.1 Å². The number of ether oxygens (including phenoxy) is 1. The Hall–Kier alpha value is -1.66. The Morgan fingerprint density at radius 1 is 1.47 bits per heavy atom. The number of phenols is 1. The molecule has 0 spiro atoms. The maximum absolute atomic E-state index is 13.1. The van der Waals surface area contributed by atoms with Crippen molar-refractivity contribution >= 4 is 5.97 Å². The number of carbonyl (C=O) groups is 1. The van der Waals surface area contributed by atoms with Gasteiger partial charge in [-0.15, -0.1) is 0 Å². The van der Waals surface area contributed by atoms with Gasteiger partial charge in [-0.3, -0.25) is 9.69 Å². The fourth-order valence-electron chi connectivity index (χ4n) is 2.23. The monoisotopic (exact) mass is 269 g/mol. The molecule has 1 aromatic rings. The molecular weight excluding hydrogens is 253 g/mol. The van der Waals surface area contributed by atoms with Crippen LogP contribution in [0.4, 0.5) is 4.39 Å². The first-order valence-electron chi connectivity index (χ1n) is 6.07. The highest BCUT2D eigenvalue weighted by atomic mass is 19.1. The van der Waals surface area contributed by atoms with Crippen molar-refractivity contribution in [1.29, 1.82) is 0 Å². The summed E-state index contributed by atoms with van der Waals surface area (Å²) in [4.78, 5) is 12.6. The molecule has 104 valence electrons. The van der Waals surface area contributed by atoms with E-state index in [9.17, 15) is 14.3 Å². The summed E-state index contributed by atoms with van der Waals surface area (Å²) in [6.45, 7) is 2.07. The second kappa shape index (κ2) is 5.99. The summed E-state index contributed by atoms with van der Waals surface area (Å²) in [6, 6.07) is 3.92. The molecule has 1 heterocycles. The summed E-state index contributed by atoms with van der Waals surface area (Å²) in [6.07, 6.45) is -0.376. The van der Waals surface area contributed by atoms with E-state index in [4.69, 9.17) is 9.84 Å². The molecule has 0 aromatic heterocycles. The van der Waals surface area contributed by atoms with Gasteiger partial charge in [0.25, 0.3) is 0 Å². The predicted molar refractivity (Wildman–Crippen MR) is 65.3 cm³/mol. The van der Waals surface area contributed by atoms with E-state index in [2.05, 4.69) is 0 Å². The van der Waals surface area contributed by atoms with Crippen molar-refractivity contribution in [3.8, 4) is 5.75 Å². The molecule has 2 rings (SSSR count). The van der Waals surface area contributed by atoms with Gasteiger partial charge in [0, 0.05) is 25.7 Å². The SMILES string of the molecule is O=C(O)CC1CN(Cc2cc(O)cc(F)c2)CCO1. The minimum absolute atomic E-state index is 0.0368. The van der Waals surface area contributed by atoms with Gasteiger partial charge in [-0.1, -0.05) is 0 Å². The number of carboxylic acids is 1. The van der Waals surface area contributed by atoms with Gasteiger partial charge in [0.15, 0.2) is 0 Å². The fourth-order valence-corrected chi connectivity index (χ4v) is 2.23. The van der Waals surface area contributed by atoms with Crippen molar-refractivity contribution in [3.63, 3.8) is 0 Å². The van der Waals surface area contributed by atoms with E-state index in [1.807, 2.05) is 4.90 Å². The van der Waals surface area contributed by atoms with Gasteiger partial charge in [0.1, 0.15) is 11.6 Å². The summed E-state index contributed by atoms with van der Waals surface area (Å²) in [7, 11) is 0. The molecule has 5 nitrogen and oxygen atoms in total. The fraction of sp³-hybridized carbons (Fsp3) is 0.462. The van der Waals surface area contributed by atoms with Crippen LogP contribution in [-0.4, -0.2) is 46.9 Å². The maximum atomic E-state index is 13.1. The molecule has 1 fully saturated rings. The quantitative estimate of drug-likeness (QED) is 0.859. The van der Waals surface area contributed by atoms with Crippen LogP contribution in [0.5, 0.6) is 5.75 Å². The van der Waals surface area contributed by atoms with Crippen molar-refractivity contribution in [1.82, 2.24) is 4.90 Å². The van der Waals surface area contributed by atoms with E-state index in [0.717, 1.165) is 6.07 Å². The normalized spacial score (nSPS) is 20.4. The first-order chi connectivity index (χ1) is 9.02. The third kappa shape index (κ3) is 4.18. The Morgan fingerprint density at radius 3 is 2.95 bits per heavy atom. The molecule has 1 aliphatic rings. The van der Waals surface area contributed by atoms with Gasteiger partial charge >= 0.3 is 5.97 Å². The lowest BCUT2D eigenvalue weighted by Gasteiger charge is -2.32. The van der Waals surface area contributed by atoms with Crippen molar-refractivity contribution in [3.05, 3.63) is 29.6 Å². The highest BCUT2D eigenvalue weighted by Gasteiger charge is 2.22. The van der Waals surface area contributed by atoms with E-state index in [1.165, 1.54) is 12.1 Å². The van der Waals surface area contributed by atoms with E-state index >= 15 is 0 Å². The first kappa shape index (κ1) is 13.8. The molecule has 6 heteroatoms. The minimum atomic E-state index is -0.893. The summed E-state index contributed by atoms with van der Waals surface area (Å²) in [5, 5.41) is 18.1. The van der Waals surface area contributed by atoms with Gasteiger partial charge in [-0.25, -0.2) is 4.39 Å². The number of rotatable bonds is 4. The zero-order valence-electron chi connectivity index (χ0n) is 10.4. The number of morpholine rings is 1. The lowest BCUT2D eigenvalue weighted by Crippen LogP contribution is -2.42. The van der Waals surface area contributed by atoms with Gasteiger partial charge in [0.05, 0.1) is 19.1 Å². The molecule has 0 radical (unpaired) electrons. The van der Waals surface area contributed by atoms with Gasteiger partial charge in [0.2, 0.25) is 0 Å². The molecule has 0 bridgehead atoms. The lowest BCUT2D eigenvalue weighted by molar-refractivity contribution is -0.142. The summed E-state index contributed by atoms with van der Waals surface area (Å²) in [5.74, 6) is -1.48. The van der Waals surface area contributed by atoms with Crippen LogP contribution in [-0.2, 0) is 16.1 Å². The molecule has 0 amide bonds. The Labute approximate surface area is 110 Å². The third-order valence-electron chi connectivity index (χ3n) is 2.97. The van der Waals surface area contributed by atoms with Crippen molar-refractivity contribution in [2.24, 2.45) is 0 Å². The number of aliphatic carboxylic acids is 1. The number of aromatic hydroxyl groups is 1. The van der Waals surface area contributed by atoms with Crippen LogP contribution in [0.1, 0.15) is 12.0 Å². The Kier molecular flexibility index (Phi) is 4.34. The van der Waals surface area contributed by atoms with Crippen LogP contribution >= 0.6 is 0 Å². The van der Waals surface area contributed by atoms with Crippen LogP contribution in [0.25, 0.3) is 0 Å². The second-order valence-electron chi connectivity index (χ2n) is 4.64. The highest BCUT2D eigenvalue weighted by Crippen LogP contribution is 2.18. The van der Waals surface area contributed by atoms with Crippen LogP contribution < -0.4 is 0 Å². The Bertz CT molecular complexity index is 446. The van der Waals surface area contributed by atoms with Crippen LogP contribution in [0.2, 0.25) is 0 Å². The van der Waals surface area contributed by atoms with Crippen molar-refractivity contribution in [2.75, 3.05) is 19.7 Å². The van der Waals surface area contributed by atoms with E-state index in [0.29, 0.717) is 31.8 Å². The summed E-state index contributed by atoms with van der Waals surface area (Å²) in [5.41, 5.74) is 0.661. The maximum Gasteiger partial charge on any atom is 0.306 e. The van der Waals surface area contributed by atoms with Crippen LogP contribution in [0.3, 0.4) is 0 Å². The molecule has 1 aromatic carbocycles. The average molecular weight is 269 g/mol. The second-order valence-corrected chi connectivity index (χ2v) is 4.64. The Morgan fingerprint density at radius 2 is 2.26 bits per heavy atom. The molecule has 1 atom stereocenters. The minimum Gasteiger partial charge on any atom is -0.508 e. The van der Waals surface area contributed by atoms with E-state index < -0.39 is 11.8 Å². The Balaban J connectivity index is 1.96. The molecule has 2 N–H and O–H groups in total. The summed E-state index contributed by atoms with van der Waals surface area (Å²) < 4.78 is 18.5. The topological polar surface area (TPSA) is 70.0 Å². The van der Waals surface area contributed by atoms with Crippen molar-refractivity contribution in [2.45, 2.75) is 19.1 Å². The number of hydrogen-bond donors (Lipinski definition) is 2. The standard InChI is InChI=1S/C13H16FNO4/c14-10-3-9(4-11(16)5-10)7-15-1-2-19-12(8-15)6-13(17)18/h3-5,12,16H,1-2,6-8H2,(H,17,18). The summed E-state index contributed by atoms with van der Waals surface area (Å²) >= 11 is 0. The van der Waals surface area contributed by atoms with Gasteiger partial charge in [-0.2, -0.15) is 0 Å². The lowest BCUT2D eigenvalue weighted by atomic mass is 10.1. The molecule has 1 unspecified atom stereocenters. The molecular formula is C13H16FNO4. The zero-order chi connectivity index (χ0) is 13.8. The molecule has 1 saturated heterocycles. The average Bonchev–Trinajstić information content (AvgIpc) is 2.26. The number of nitrogens with zero attached hydrogens (tertiary/aromatic N) is 1. The van der Waals surface area contributed by atoms with Crippen LogP contribution in [0.15, 0.2) is 18.2 Å². The van der Waals surface area contributed by atoms with Gasteiger partial charge < -0.3 is 14.9 Å². The predicted octanol–water partition coefficient (Wildman–Crippen LogP) is 1.21. The largest absolute Gasteiger partial charge is 0.508 e. The number of hydrogen-bond acceptors (Lipinski definition) is 4. The number of carboxylic acid groups (broad SMARTS) is 1. The number of phenolic OH excluding ortho intramolecular Hbond substituents is 1. The molecule has 19 heavy (non-hydrogen) atoms. The molecule has 0 aliphatic carbocycles. The first-order valence-corrected chi connectivity index (χ1v) is 6.07. The third-order valence-corrected chi connectivity index (χ3v) is 2.97. The number of benzene rings is 1. The number of halogens is 1. The molecule has 0 saturated carbocycles. The zero-order valence-corrected chi connectivity index (χ0v) is 10.4. The van der Waals surface area contributed by atoms with E-state index in [-0.39, 0.29) is 18.3 Å². The van der Waals surface area contributed by atoms with Gasteiger partial charge in [-0.05, 0) is 17.7 Å².